The van der Waals surface area contributed by atoms with E-state index in [9.17, 15) is 9.18 Å². The molecule has 0 saturated heterocycles. The van der Waals surface area contributed by atoms with Crippen LogP contribution < -0.4 is 0 Å². The van der Waals surface area contributed by atoms with E-state index >= 15 is 0 Å². The van der Waals surface area contributed by atoms with Crippen LogP contribution in [0.5, 0.6) is 0 Å². The van der Waals surface area contributed by atoms with Gasteiger partial charge >= 0.3 is 0 Å². The van der Waals surface area contributed by atoms with Gasteiger partial charge in [-0.1, -0.05) is 0 Å². The van der Waals surface area contributed by atoms with Crippen LogP contribution in [0.4, 0.5) is 4.39 Å². The lowest BCUT2D eigenvalue weighted by Gasteiger charge is -1.99. The van der Waals surface area contributed by atoms with Gasteiger partial charge in [-0.15, -0.1) is 0 Å². The highest BCUT2D eigenvalue weighted by Crippen LogP contribution is 2.25. The molecule has 2 rings (SSSR count). The van der Waals surface area contributed by atoms with Gasteiger partial charge in [0.2, 0.25) is 0 Å². The van der Waals surface area contributed by atoms with Crippen LogP contribution in [0.1, 0.15) is 18.4 Å². The largest absolute Gasteiger partial charge is 0.295 e. The molecule has 1 aromatic rings. The Morgan fingerprint density at radius 2 is 2.15 bits per heavy atom. The lowest BCUT2D eigenvalue weighted by atomic mass is 10.1. The number of rotatable bonds is 1. The Morgan fingerprint density at radius 1 is 1.31 bits per heavy atom. The van der Waals surface area contributed by atoms with Crippen LogP contribution in [0.25, 0.3) is 5.57 Å². The lowest BCUT2D eigenvalue weighted by Crippen LogP contribution is -1.85. The number of allylic oxidation sites excluding steroid dienone is 2. The molecule has 0 bridgehead atoms. The Balaban J connectivity index is 2.36. The first kappa shape index (κ1) is 8.10. The standard InChI is InChI=1S/C10H8FNO/c11-9-3-8(5-12-6-9)7-1-2-10(13)4-7/h3-6H,1-2H2. The third kappa shape index (κ3) is 1.64. The van der Waals surface area contributed by atoms with Gasteiger partial charge in [0.1, 0.15) is 5.82 Å². The van der Waals surface area contributed by atoms with Crippen LogP contribution in [0, 0.1) is 5.82 Å². The van der Waals surface area contributed by atoms with Crippen LogP contribution in [0.2, 0.25) is 0 Å². The zero-order valence-corrected chi connectivity index (χ0v) is 6.96. The number of carbonyl (C=O) groups is 1. The van der Waals surface area contributed by atoms with Crippen LogP contribution in [0.15, 0.2) is 24.5 Å². The first-order chi connectivity index (χ1) is 6.25. The smallest absolute Gasteiger partial charge is 0.156 e. The highest BCUT2D eigenvalue weighted by molar-refractivity contribution is 6.01. The number of ketones is 1. The molecule has 1 aliphatic carbocycles. The van der Waals surface area contributed by atoms with E-state index in [1.165, 1.54) is 6.07 Å². The monoisotopic (exact) mass is 177 g/mol. The maximum absolute atomic E-state index is 12.7. The minimum atomic E-state index is -0.363. The highest BCUT2D eigenvalue weighted by Gasteiger charge is 2.13. The van der Waals surface area contributed by atoms with Gasteiger partial charge in [0.15, 0.2) is 5.78 Å². The second kappa shape index (κ2) is 3.09. The normalized spacial score (nSPS) is 16.1. The molecule has 0 N–H and O–H groups in total. The van der Waals surface area contributed by atoms with E-state index < -0.39 is 0 Å². The summed E-state index contributed by atoms with van der Waals surface area (Å²) in [6.07, 6.45) is 5.53. The predicted octanol–water partition coefficient (Wildman–Crippen LogP) is 1.97. The van der Waals surface area contributed by atoms with Gasteiger partial charge in [0, 0.05) is 12.6 Å². The maximum atomic E-state index is 12.7. The molecule has 1 heterocycles. The number of nitrogens with zero attached hydrogens (tertiary/aromatic N) is 1. The molecule has 1 aliphatic rings. The Hall–Kier alpha value is -1.51. The van der Waals surface area contributed by atoms with Crippen molar-refractivity contribution in [3.8, 4) is 0 Å². The molecule has 0 unspecified atom stereocenters. The van der Waals surface area contributed by atoms with Crippen LogP contribution >= 0.6 is 0 Å². The average Bonchev–Trinajstić information content (AvgIpc) is 2.52. The molecule has 0 amide bonds. The number of aromatic nitrogens is 1. The predicted molar refractivity (Wildman–Crippen MR) is 46.4 cm³/mol. The number of halogens is 1. The van der Waals surface area contributed by atoms with Crippen LogP contribution in [-0.4, -0.2) is 10.8 Å². The fourth-order valence-electron chi connectivity index (χ4n) is 1.41. The molecule has 66 valence electrons. The van der Waals surface area contributed by atoms with Crippen molar-refractivity contribution in [3.63, 3.8) is 0 Å². The first-order valence-corrected chi connectivity index (χ1v) is 4.10. The fourth-order valence-corrected chi connectivity index (χ4v) is 1.41. The molecule has 0 atom stereocenters. The number of carbonyl (C=O) groups excluding carboxylic acids is 1. The zero-order valence-electron chi connectivity index (χ0n) is 6.96. The van der Waals surface area contributed by atoms with Crippen molar-refractivity contribution in [2.45, 2.75) is 12.8 Å². The van der Waals surface area contributed by atoms with Gasteiger partial charge in [0.25, 0.3) is 0 Å². The number of hydrogen-bond donors (Lipinski definition) is 0. The van der Waals surface area contributed by atoms with Gasteiger partial charge in [-0.2, -0.15) is 0 Å². The van der Waals surface area contributed by atoms with Gasteiger partial charge in [-0.25, -0.2) is 4.39 Å². The molecule has 0 aromatic carbocycles. The average molecular weight is 177 g/mol. The van der Waals surface area contributed by atoms with Crippen molar-refractivity contribution in [2.75, 3.05) is 0 Å². The van der Waals surface area contributed by atoms with Crippen molar-refractivity contribution in [3.05, 3.63) is 35.9 Å². The quantitative estimate of drug-likeness (QED) is 0.656. The van der Waals surface area contributed by atoms with Crippen molar-refractivity contribution < 1.29 is 9.18 Å². The molecule has 0 fully saturated rings. The number of hydrogen-bond acceptors (Lipinski definition) is 2. The van der Waals surface area contributed by atoms with Crippen LogP contribution in [0.3, 0.4) is 0 Å². The van der Waals surface area contributed by atoms with Crippen molar-refractivity contribution in [2.24, 2.45) is 0 Å². The summed E-state index contributed by atoms with van der Waals surface area (Å²) in [5, 5.41) is 0. The summed E-state index contributed by atoms with van der Waals surface area (Å²) in [6, 6.07) is 1.40. The maximum Gasteiger partial charge on any atom is 0.156 e. The molecular weight excluding hydrogens is 169 g/mol. The summed E-state index contributed by atoms with van der Waals surface area (Å²) in [4.78, 5) is 14.6. The molecule has 13 heavy (non-hydrogen) atoms. The van der Waals surface area contributed by atoms with E-state index in [1.54, 1.807) is 12.3 Å². The Bertz CT molecular complexity index is 384. The van der Waals surface area contributed by atoms with Crippen molar-refractivity contribution >= 4 is 11.4 Å². The van der Waals surface area contributed by atoms with Crippen molar-refractivity contribution in [1.82, 2.24) is 4.98 Å². The Kier molecular flexibility index (Phi) is 1.93. The minimum Gasteiger partial charge on any atom is -0.295 e. The van der Waals surface area contributed by atoms with Gasteiger partial charge in [-0.3, -0.25) is 9.78 Å². The number of pyridine rings is 1. The van der Waals surface area contributed by atoms with Crippen LogP contribution in [-0.2, 0) is 4.79 Å². The van der Waals surface area contributed by atoms with Gasteiger partial charge in [0.05, 0.1) is 6.20 Å². The summed E-state index contributed by atoms with van der Waals surface area (Å²) in [6.45, 7) is 0. The summed E-state index contributed by atoms with van der Waals surface area (Å²) in [5.41, 5.74) is 1.60. The molecular formula is C10H8FNO. The SMILES string of the molecule is O=C1C=C(c2cncc(F)c2)CC1. The van der Waals surface area contributed by atoms with Gasteiger partial charge < -0.3 is 0 Å². The molecule has 0 saturated carbocycles. The second-order valence-electron chi connectivity index (χ2n) is 3.03. The third-order valence-corrected chi connectivity index (χ3v) is 2.05. The second-order valence-corrected chi connectivity index (χ2v) is 3.03. The molecule has 0 radical (unpaired) electrons. The lowest BCUT2D eigenvalue weighted by molar-refractivity contribution is -0.114. The molecule has 1 aromatic heterocycles. The van der Waals surface area contributed by atoms with E-state index in [0.717, 1.165) is 11.8 Å². The van der Waals surface area contributed by atoms with E-state index in [4.69, 9.17) is 0 Å². The summed E-state index contributed by atoms with van der Waals surface area (Å²) in [5.74, 6) is -0.253. The van der Waals surface area contributed by atoms with E-state index in [-0.39, 0.29) is 11.6 Å². The molecule has 3 heteroatoms. The van der Waals surface area contributed by atoms with Gasteiger partial charge in [-0.05, 0) is 29.7 Å². The third-order valence-electron chi connectivity index (χ3n) is 2.05. The van der Waals surface area contributed by atoms with E-state index in [2.05, 4.69) is 4.98 Å². The summed E-state index contributed by atoms with van der Waals surface area (Å²) in [7, 11) is 0. The highest BCUT2D eigenvalue weighted by atomic mass is 19.1. The molecule has 2 nitrogen and oxygen atoms in total. The summed E-state index contributed by atoms with van der Waals surface area (Å²) >= 11 is 0. The Labute approximate surface area is 75.1 Å². The van der Waals surface area contributed by atoms with E-state index in [0.29, 0.717) is 18.4 Å². The van der Waals surface area contributed by atoms with Crippen molar-refractivity contribution in [1.29, 1.82) is 0 Å². The molecule has 0 aliphatic heterocycles. The summed E-state index contributed by atoms with van der Waals surface area (Å²) < 4.78 is 12.7. The Morgan fingerprint density at radius 3 is 2.77 bits per heavy atom. The minimum absolute atomic E-state index is 0.110. The van der Waals surface area contributed by atoms with E-state index in [1.807, 2.05) is 0 Å². The fraction of sp³-hybridized carbons (Fsp3) is 0.200. The molecule has 0 spiro atoms. The zero-order chi connectivity index (χ0) is 9.26. The first-order valence-electron chi connectivity index (χ1n) is 4.10. The topological polar surface area (TPSA) is 30.0 Å².